The minimum Gasteiger partial charge on any atom is -0.351 e. The van der Waals surface area contributed by atoms with E-state index in [-0.39, 0.29) is 11.8 Å². The van der Waals surface area contributed by atoms with Crippen LogP contribution in [0.5, 0.6) is 0 Å². The van der Waals surface area contributed by atoms with Crippen molar-refractivity contribution in [3.8, 4) is 11.6 Å². The Morgan fingerprint density at radius 2 is 2.08 bits per heavy atom. The van der Waals surface area contributed by atoms with Crippen LogP contribution in [0, 0.1) is 5.92 Å². The number of likely N-dealkylation sites (N-methyl/N-ethyl adjacent to an activating group) is 1. The number of nitrogens with zero attached hydrogens (tertiary/aromatic N) is 3. The number of nitrogens with one attached hydrogen (secondary N) is 1. The highest BCUT2D eigenvalue weighted by Gasteiger charge is 2.24. The van der Waals surface area contributed by atoms with E-state index < -0.39 is 0 Å². The quantitative estimate of drug-likeness (QED) is 0.758. The first kappa shape index (κ1) is 16.8. The van der Waals surface area contributed by atoms with E-state index >= 15 is 0 Å². The van der Waals surface area contributed by atoms with Crippen LogP contribution in [0.3, 0.4) is 0 Å². The van der Waals surface area contributed by atoms with Crippen LogP contribution in [0.2, 0.25) is 0 Å². The Morgan fingerprint density at radius 1 is 1.27 bits per heavy atom. The van der Waals surface area contributed by atoms with Crippen LogP contribution >= 0.6 is 0 Å². The van der Waals surface area contributed by atoms with Crippen molar-refractivity contribution in [1.82, 2.24) is 20.0 Å². The molecule has 2 heterocycles. The van der Waals surface area contributed by atoms with Gasteiger partial charge in [-0.05, 0) is 25.0 Å². The van der Waals surface area contributed by atoms with Crippen molar-refractivity contribution in [2.24, 2.45) is 5.92 Å². The van der Waals surface area contributed by atoms with Gasteiger partial charge in [-0.3, -0.25) is 4.79 Å². The summed E-state index contributed by atoms with van der Waals surface area (Å²) < 4.78 is 5.39. The van der Waals surface area contributed by atoms with Gasteiger partial charge in [0.1, 0.15) is 5.69 Å². The largest absolute Gasteiger partial charge is 0.351 e. The van der Waals surface area contributed by atoms with Gasteiger partial charge in [-0.25, -0.2) is 0 Å². The fourth-order valence-corrected chi connectivity index (χ4v) is 3.69. The molecule has 0 saturated heterocycles. The summed E-state index contributed by atoms with van der Waals surface area (Å²) in [6.07, 6.45) is 6.24. The highest BCUT2D eigenvalue weighted by Crippen LogP contribution is 2.25. The molecule has 1 N–H and O–H groups in total. The maximum atomic E-state index is 12.5. The van der Waals surface area contributed by atoms with Crippen molar-refractivity contribution in [3.05, 3.63) is 36.2 Å². The minimum absolute atomic E-state index is 0.195. The second kappa shape index (κ2) is 7.32. The molecular formula is C20H24N4O2. The maximum absolute atomic E-state index is 12.5. The summed E-state index contributed by atoms with van der Waals surface area (Å²) in [4.78, 5) is 22.1. The molecule has 6 nitrogen and oxygen atoms in total. The third-order valence-corrected chi connectivity index (χ3v) is 5.23. The van der Waals surface area contributed by atoms with Crippen molar-refractivity contribution < 1.29 is 9.32 Å². The average molecular weight is 352 g/mol. The number of fused-ring (bicyclic) bond motifs is 1. The molecule has 2 aromatic heterocycles. The topological polar surface area (TPSA) is 75.0 Å². The fourth-order valence-electron chi connectivity index (χ4n) is 3.69. The zero-order valence-corrected chi connectivity index (χ0v) is 15.1. The lowest BCUT2D eigenvalue weighted by Gasteiger charge is -2.26. The first-order chi connectivity index (χ1) is 12.7. The van der Waals surface area contributed by atoms with Gasteiger partial charge in [-0.1, -0.05) is 42.6 Å². The molecule has 0 radical (unpaired) electrons. The van der Waals surface area contributed by atoms with E-state index in [1.165, 1.54) is 19.3 Å². The average Bonchev–Trinajstić information content (AvgIpc) is 3.32. The SMILES string of the molecule is CN(CCc1noc(-c2cc3ccccc3[nH]2)n1)C(=O)C1CCCCC1. The molecule has 26 heavy (non-hydrogen) atoms. The summed E-state index contributed by atoms with van der Waals surface area (Å²) in [6.45, 7) is 0.612. The summed E-state index contributed by atoms with van der Waals surface area (Å²) in [7, 11) is 1.87. The van der Waals surface area contributed by atoms with Crippen LogP contribution in [0.25, 0.3) is 22.5 Å². The predicted molar refractivity (Wildman–Crippen MR) is 99.5 cm³/mol. The number of carbonyl (C=O) groups excluding carboxylic acids is 1. The zero-order valence-electron chi connectivity index (χ0n) is 15.1. The Bertz CT molecular complexity index is 859. The van der Waals surface area contributed by atoms with Gasteiger partial charge < -0.3 is 14.4 Å². The van der Waals surface area contributed by atoms with Crippen LogP contribution in [-0.4, -0.2) is 39.5 Å². The van der Waals surface area contributed by atoms with Crippen molar-refractivity contribution in [3.63, 3.8) is 0 Å². The number of aromatic amines is 1. The standard InChI is InChI=1S/C20H24N4O2/c1-24(20(25)14-7-3-2-4-8-14)12-11-18-22-19(26-23-18)17-13-15-9-5-6-10-16(15)21-17/h5-6,9-10,13-14,21H,2-4,7-8,11-12H2,1H3. The third kappa shape index (κ3) is 3.49. The number of aromatic nitrogens is 3. The Hall–Kier alpha value is -2.63. The molecule has 4 rings (SSSR count). The van der Waals surface area contributed by atoms with Gasteiger partial charge in [-0.15, -0.1) is 0 Å². The molecule has 1 amide bonds. The number of carbonyl (C=O) groups is 1. The van der Waals surface area contributed by atoms with Crippen LogP contribution in [0.1, 0.15) is 37.9 Å². The molecule has 0 aliphatic heterocycles. The Kier molecular flexibility index (Phi) is 4.73. The van der Waals surface area contributed by atoms with Crippen LogP contribution < -0.4 is 0 Å². The number of para-hydroxylation sites is 1. The molecule has 0 spiro atoms. The molecule has 0 bridgehead atoms. The highest BCUT2D eigenvalue weighted by molar-refractivity contribution is 5.84. The van der Waals surface area contributed by atoms with Gasteiger partial charge in [0, 0.05) is 36.8 Å². The maximum Gasteiger partial charge on any atom is 0.274 e. The first-order valence-electron chi connectivity index (χ1n) is 9.36. The van der Waals surface area contributed by atoms with E-state index in [9.17, 15) is 4.79 Å². The van der Waals surface area contributed by atoms with E-state index in [2.05, 4.69) is 15.1 Å². The van der Waals surface area contributed by atoms with Gasteiger partial charge in [-0.2, -0.15) is 4.98 Å². The highest BCUT2D eigenvalue weighted by atomic mass is 16.5. The lowest BCUT2D eigenvalue weighted by molar-refractivity contribution is -0.135. The summed E-state index contributed by atoms with van der Waals surface area (Å²) in [5.41, 5.74) is 1.86. The van der Waals surface area contributed by atoms with E-state index in [0.29, 0.717) is 24.7 Å². The first-order valence-corrected chi connectivity index (χ1v) is 9.36. The van der Waals surface area contributed by atoms with Gasteiger partial charge in [0.05, 0.1) is 0 Å². The molecule has 6 heteroatoms. The molecule has 1 aliphatic rings. The fraction of sp³-hybridized carbons (Fsp3) is 0.450. The Labute approximate surface area is 152 Å². The molecule has 3 aromatic rings. The molecule has 1 aliphatic carbocycles. The summed E-state index contributed by atoms with van der Waals surface area (Å²) >= 11 is 0. The second-order valence-corrected chi connectivity index (χ2v) is 7.13. The van der Waals surface area contributed by atoms with Gasteiger partial charge >= 0.3 is 0 Å². The summed E-state index contributed by atoms with van der Waals surface area (Å²) in [6, 6.07) is 10.0. The lowest BCUT2D eigenvalue weighted by Crippen LogP contribution is -2.35. The van der Waals surface area contributed by atoms with Crippen molar-refractivity contribution in [2.75, 3.05) is 13.6 Å². The summed E-state index contributed by atoms with van der Waals surface area (Å²) in [5.74, 6) is 1.56. The number of amides is 1. The molecule has 0 atom stereocenters. The summed E-state index contributed by atoms with van der Waals surface area (Å²) in [5, 5.41) is 5.17. The number of rotatable bonds is 5. The smallest absolute Gasteiger partial charge is 0.274 e. The predicted octanol–water partition coefficient (Wildman–Crippen LogP) is 3.80. The number of H-pyrrole nitrogens is 1. The monoisotopic (exact) mass is 352 g/mol. The minimum atomic E-state index is 0.195. The number of hydrogen-bond donors (Lipinski definition) is 1. The van der Waals surface area contributed by atoms with Gasteiger partial charge in [0.15, 0.2) is 5.82 Å². The van der Waals surface area contributed by atoms with Gasteiger partial charge in [0.25, 0.3) is 5.89 Å². The molecule has 1 saturated carbocycles. The lowest BCUT2D eigenvalue weighted by atomic mass is 9.88. The van der Waals surface area contributed by atoms with Gasteiger partial charge in [0.2, 0.25) is 5.91 Å². The van der Waals surface area contributed by atoms with Crippen molar-refractivity contribution in [2.45, 2.75) is 38.5 Å². The van der Waals surface area contributed by atoms with Crippen molar-refractivity contribution in [1.29, 1.82) is 0 Å². The van der Waals surface area contributed by atoms with Crippen molar-refractivity contribution >= 4 is 16.8 Å². The molecule has 1 fully saturated rings. The van der Waals surface area contributed by atoms with E-state index in [4.69, 9.17) is 4.52 Å². The molecule has 1 aromatic carbocycles. The van der Waals surface area contributed by atoms with Crippen LogP contribution in [0.4, 0.5) is 0 Å². The normalized spacial score (nSPS) is 15.4. The molecular weight excluding hydrogens is 328 g/mol. The van der Waals surface area contributed by atoms with E-state index in [1.54, 1.807) is 0 Å². The molecule has 0 unspecified atom stereocenters. The molecule has 136 valence electrons. The Balaban J connectivity index is 1.38. The second-order valence-electron chi connectivity index (χ2n) is 7.13. The third-order valence-electron chi connectivity index (χ3n) is 5.23. The Morgan fingerprint density at radius 3 is 2.88 bits per heavy atom. The number of hydrogen-bond acceptors (Lipinski definition) is 4. The zero-order chi connectivity index (χ0) is 17.9. The van der Waals surface area contributed by atoms with Crippen LogP contribution in [-0.2, 0) is 11.2 Å². The number of benzene rings is 1. The van der Waals surface area contributed by atoms with E-state index in [0.717, 1.165) is 29.4 Å². The van der Waals surface area contributed by atoms with E-state index in [1.807, 2.05) is 42.3 Å². The van der Waals surface area contributed by atoms with Crippen LogP contribution in [0.15, 0.2) is 34.9 Å².